The molecule has 0 aliphatic heterocycles. The van der Waals surface area contributed by atoms with E-state index in [1.54, 1.807) is 6.07 Å². The first-order chi connectivity index (χ1) is 8.79. The standard InChI is InChI=1S/C11H4BrCl2F3N2/c12-10-9(5-1-2-6(13)7(14)3-5)18-4-8(19-10)11(15,16)17/h1-4H. The Hall–Kier alpha value is -0.850. The normalized spacial score (nSPS) is 11.7. The largest absolute Gasteiger partial charge is 0.434 e. The molecule has 0 bridgehead atoms. The Morgan fingerprint density at radius 3 is 2.32 bits per heavy atom. The predicted molar refractivity (Wildman–Crippen MR) is 70.2 cm³/mol. The highest BCUT2D eigenvalue weighted by atomic mass is 79.9. The van der Waals surface area contributed by atoms with E-state index in [-0.39, 0.29) is 15.3 Å². The summed E-state index contributed by atoms with van der Waals surface area (Å²) in [6, 6.07) is 4.63. The number of alkyl halides is 3. The first-order valence-corrected chi connectivity index (χ1v) is 6.39. The Morgan fingerprint density at radius 1 is 1.11 bits per heavy atom. The maximum atomic E-state index is 12.5. The van der Waals surface area contributed by atoms with Gasteiger partial charge in [0.15, 0.2) is 5.69 Å². The number of halogens is 6. The van der Waals surface area contributed by atoms with Gasteiger partial charge in [-0.2, -0.15) is 13.2 Å². The van der Waals surface area contributed by atoms with Gasteiger partial charge < -0.3 is 0 Å². The van der Waals surface area contributed by atoms with Gasteiger partial charge in [-0.05, 0) is 28.1 Å². The number of hydrogen-bond donors (Lipinski definition) is 0. The molecule has 0 saturated carbocycles. The molecular weight excluding hydrogens is 368 g/mol. The smallest absolute Gasteiger partial charge is 0.251 e. The number of aromatic nitrogens is 2. The van der Waals surface area contributed by atoms with Gasteiger partial charge in [-0.1, -0.05) is 29.3 Å². The molecule has 19 heavy (non-hydrogen) atoms. The fraction of sp³-hybridized carbons (Fsp3) is 0.0909. The lowest BCUT2D eigenvalue weighted by Crippen LogP contribution is -2.09. The number of nitrogens with zero attached hydrogens (tertiary/aromatic N) is 2. The van der Waals surface area contributed by atoms with Gasteiger partial charge in [0.25, 0.3) is 0 Å². The number of rotatable bonds is 1. The topological polar surface area (TPSA) is 25.8 Å². The fourth-order valence-electron chi connectivity index (χ4n) is 1.34. The monoisotopic (exact) mass is 370 g/mol. The van der Waals surface area contributed by atoms with E-state index in [1.807, 2.05) is 0 Å². The molecule has 0 amide bonds. The van der Waals surface area contributed by atoms with E-state index in [2.05, 4.69) is 25.9 Å². The molecule has 1 aromatic heterocycles. The molecule has 1 heterocycles. The van der Waals surface area contributed by atoms with Gasteiger partial charge in [0, 0.05) is 5.56 Å². The van der Waals surface area contributed by atoms with Crippen LogP contribution >= 0.6 is 39.1 Å². The van der Waals surface area contributed by atoms with E-state index in [0.717, 1.165) is 0 Å². The Balaban J connectivity index is 2.49. The van der Waals surface area contributed by atoms with Crippen LogP contribution in [0.3, 0.4) is 0 Å². The highest BCUT2D eigenvalue weighted by Crippen LogP contribution is 2.33. The molecule has 0 atom stereocenters. The molecule has 2 aromatic rings. The first-order valence-electron chi connectivity index (χ1n) is 4.84. The summed E-state index contributed by atoms with van der Waals surface area (Å²) in [5.74, 6) is 0. The first kappa shape index (κ1) is 14.6. The van der Waals surface area contributed by atoms with Crippen molar-refractivity contribution in [3.8, 4) is 11.3 Å². The molecule has 0 spiro atoms. The summed E-state index contributed by atoms with van der Waals surface area (Å²) in [4.78, 5) is 7.18. The lowest BCUT2D eigenvalue weighted by Gasteiger charge is -2.08. The molecule has 0 N–H and O–H groups in total. The molecule has 0 unspecified atom stereocenters. The van der Waals surface area contributed by atoms with Crippen LogP contribution in [0.4, 0.5) is 13.2 Å². The fourth-order valence-corrected chi connectivity index (χ4v) is 2.16. The van der Waals surface area contributed by atoms with Crippen molar-refractivity contribution in [3.63, 3.8) is 0 Å². The van der Waals surface area contributed by atoms with Crippen LogP contribution in [0.5, 0.6) is 0 Å². The molecule has 2 rings (SSSR count). The summed E-state index contributed by atoms with van der Waals surface area (Å²) in [5.41, 5.74) is -0.294. The van der Waals surface area contributed by atoms with Gasteiger partial charge in [0.1, 0.15) is 10.3 Å². The molecule has 0 aliphatic rings. The zero-order valence-corrected chi connectivity index (χ0v) is 12.1. The van der Waals surface area contributed by atoms with Crippen molar-refractivity contribution in [3.05, 3.63) is 44.7 Å². The lowest BCUT2D eigenvalue weighted by atomic mass is 10.1. The van der Waals surface area contributed by atoms with E-state index < -0.39 is 11.9 Å². The van der Waals surface area contributed by atoms with Crippen molar-refractivity contribution in [2.24, 2.45) is 0 Å². The molecule has 0 fully saturated rings. The predicted octanol–water partition coefficient (Wildman–Crippen LogP) is 5.23. The van der Waals surface area contributed by atoms with Crippen molar-refractivity contribution in [2.75, 3.05) is 0 Å². The number of benzene rings is 1. The quantitative estimate of drug-likeness (QED) is 0.685. The second-order valence-electron chi connectivity index (χ2n) is 3.52. The minimum Gasteiger partial charge on any atom is -0.251 e. The maximum absolute atomic E-state index is 12.5. The molecule has 0 aliphatic carbocycles. The Morgan fingerprint density at radius 2 is 1.79 bits per heavy atom. The summed E-state index contributed by atoms with van der Waals surface area (Å²) in [7, 11) is 0. The van der Waals surface area contributed by atoms with Crippen LogP contribution in [-0.2, 0) is 6.18 Å². The zero-order valence-electron chi connectivity index (χ0n) is 8.97. The van der Waals surface area contributed by atoms with E-state index in [0.29, 0.717) is 16.8 Å². The summed E-state index contributed by atoms with van der Waals surface area (Å²) < 4.78 is 37.4. The van der Waals surface area contributed by atoms with Crippen LogP contribution < -0.4 is 0 Å². The molecule has 0 radical (unpaired) electrons. The van der Waals surface area contributed by atoms with Crippen molar-refractivity contribution in [1.29, 1.82) is 0 Å². The second kappa shape index (κ2) is 5.26. The highest BCUT2D eigenvalue weighted by molar-refractivity contribution is 9.10. The van der Waals surface area contributed by atoms with Crippen molar-refractivity contribution < 1.29 is 13.2 Å². The third-order valence-corrected chi connectivity index (χ3v) is 3.51. The van der Waals surface area contributed by atoms with Crippen molar-refractivity contribution in [1.82, 2.24) is 9.97 Å². The Kier molecular flexibility index (Phi) is 4.03. The van der Waals surface area contributed by atoms with Crippen molar-refractivity contribution >= 4 is 39.1 Å². The summed E-state index contributed by atoms with van der Waals surface area (Å²) in [6.45, 7) is 0. The molecule has 1 aromatic carbocycles. The Labute approximate surface area is 124 Å². The number of hydrogen-bond acceptors (Lipinski definition) is 2. The molecule has 2 nitrogen and oxygen atoms in total. The average Bonchev–Trinajstić information content (AvgIpc) is 2.31. The van der Waals surface area contributed by atoms with Gasteiger partial charge in [-0.15, -0.1) is 0 Å². The third kappa shape index (κ3) is 3.19. The van der Waals surface area contributed by atoms with Gasteiger partial charge in [0.05, 0.1) is 16.2 Å². The molecule has 8 heteroatoms. The highest BCUT2D eigenvalue weighted by Gasteiger charge is 2.33. The van der Waals surface area contributed by atoms with Gasteiger partial charge in [-0.25, -0.2) is 4.98 Å². The van der Waals surface area contributed by atoms with E-state index in [1.165, 1.54) is 12.1 Å². The van der Waals surface area contributed by atoms with Gasteiger partial charge in [0.2, 0.25) is 0 Å². The van der Waals surface area contributed by atoms with Crippen molar-refractivity contribution in [2.45, 2.75) is 6.18 Å². The van der Waals surface area contributed by atoms with Crippen LogP contribution in [0, 0.1) is 0 Å². The average molecular weight is 372 g/mol. The third-order valence-electron chi connectivity index (χ3n) is 2.21. The molecule has 0 saturated heterocycles. The lowest BCUT2D eigenvalue weighted by molar-refractivity contribution is -0.141. The Bertz CT molecular complexity index is 632. The maximum Gasteiger partial charge on any atom is 0.434 e. The zero-order chi connectivity index (χ0) is 14.2. The van der Waals surface area contributed by atoms with Crippen LogP contribution in [0.2, 0.25) is 10.0 Å². The second-order valence-corrected chi connectivity index (χ2v) is 5.09. The molecular formula is C11H4BrCl2F3N2. The van der Waals surface area contributed by atoms with Crippen LogP contribution in [-0.4, -0.2) is 9.97 Å². The molecule has 100 valence electrons. The van der Waals surface area contributed by atoms with Crippen LogP contribution in [0.15, 0.2) is 29.0 Å². The van der Waals surface area contributed by atoms with Gasteiger partial charge in [-0.3, -0.25) is 4.98 Å². The van der Waals surface area contributed by atoms with E-state index in [9.17, 15) is 13.2 Å². The minimum atomic E-state index is -4.54. The van der Waals surface area contributed by atoms with Crippen LogP contribution in [0.1, 0.15) is 5.69 Å². The summed E-state index contributed by atoms with van der Waals surface area (Å²) in [6.07, 6.45) is -3.87. The summed E-state index contributed by atoms with van der Waals surface area (Å²) >= 11 is 14.6. The van der Waals surface area contributed by atoms with Crippen LogP contribution in [0.25, 0.3) is 11.3 Å². The summed E-state index contributed by atoms with van der Waals surface area (Å²) in [5, 5.41) is 0.633. The SMILES string of the molecule is FC(F)(F)c1cnc(-c2ccc(Cl)c(Cl)c2)c(Br)n1. The van der Waals surface area contributed by atoms with Gasteiger partial charge >= 0.3 is 6.18 Å². The van der Waals surface area contributed by atoms with E-state index >= 15 is 0 Å². The van der Waals surface area contributed by atoms with E-state index in [4.69, 9.17) is 23.2 Å². The minimum absolute atomic E-state index is 0.0132.